The standard InChI is InChI=1S/C18H25NO5S/c1-11-14(17(21)23-2)16(25-15(11)18(22)24-3)19-13(20)10-9-12-7-5-4-6-8-12/h12H,4-10H2,1-3H3,(H,19,20). The molecule has 0 radical (unpaired) electrons. The van der Waals surface area contributed by atoms with Crippen LogP contribution in [0.3, 0.4) is 0 Å². The second-order valence-electron chi connectivity index (χ2n) is 6.33. The molecule has 0 unspecified atom stereocenters. The quantitative estimate of drug-likeness (QED) is 0.771. The number of amides is 1. The van der Waals surface area contributed by atoms with Crippen LogP contribution in [0.25, 0.3) is 0 Å². The topological polar surface area (TPSA) is 81.7 Å². The molecule has 25 heavy (non-hydrogen) atoms. The van der Waals surface area contributed by atoms with Crippen molar-refractivity contribution in [2.75, 3.05) is 19.5 Å². The van der Waals surface area contributed by atoms with Crippen molar-refractivity contribution in [2.45, 2.75) is 51.9 Å². The Bertz CT molecular complexity index is 646. The molecule has 0 bridgehead atoms. The second kappa shape index (κ2) is 8.99. The zero-order valence-corrected chi connectivity index (χ0v) is 15.8. The molecule has 1 aromatic heterocycles. The Labute approximate surface area is 151 Å². The summed E-state index contributed by atoms with van der Waals surface area (Å²) < 4.78 is 9.52. The van der Waals surface area contributed by atoms with Crippen molar-refractivity contribution in [1.29, 1.82) is 0 Å². The molecule has 1 heterocycles. The van der Waals surface area contributed by atoms with Crippen LogP contribution >= 0.6 is 11.3 Å². The van der Waals surface area contributed by atoms with E-state index in [1.165, 1.54) is 46.3 Å². The lowest BCUT2D eigenvalue weighted by atomic mass is 9.86. The van der Waals surface area contributed by atoms with E-state index in [-0.39, 0.29) is 11.5 Å². The molecule has 1 amide bonds. The maximum Gasteiger partial charge on any atom is 0.348 e. The van der Waals surface area contributed by atoms with Crippen molar-refractivity contribution >= 4 is 34.2 Å². The lowest BCUT2D eigenvalue weighted by Crippen LogP contribution is -2.16. The van der Waals surface area contributed by atoms with E-state index < -0.39 is 11.9 Å². The Morgan fingerprint density at radius 2 is 1.72 bits per heavy atom. The lowest BCUT2D eigenvalue weighted by Gasteiger charge is -2.20. The highest BCUT2D eigenvalue weighted by molar-refractivity contribution is 7.18. The minimum atomic E-state index is -0.577. The molecule has 7 heteroatoms. The van der Waals surface area contributed by atoms with E-state index in [1.807, 2.05) is 0 Å². The Morgan fingerprint density at radius 1 is 1.08 bits per heavy atom. The highest BCUT2D eigenvalue weighted by Gasteiger charge is 2.27. The molecule has 0 aliphatic heterocycles. The fourth-order valence-corrected chi connectivity index (χ4v) is 4.37. The van der Waals surface area contributed by atoms with Gasteiger partial charge in [-0.1, -0.05) is 32.1 Å². The number of thiophene rings is 1. The maximum absolute atomic E-state index is 12.3. The summed E-state index contributed by atoms with van der Waals surface area (Å²) in [6.45, 7) is 1.65. The van der Waals surface area contributed by atoms with Gasteiger partial charge in [0.05, 0.1) is 19.8 Å². The smallest absolute Gasteiger partial charge is 0.348 e. The highest BCUT2D eigenvalue weighted by atomic mass is 32.1. The average Bonchev–Trinajstić information content (AvgIpc) is 2.95. The van der Waals surface area contributed by atoms with Crippen molar-refractivity contribution in [3.8, 4) is 0 Å². The number of hydrogen-bond donors (Lipinski definition) is 1. The van der Waals surface area contributed by atoms with Crippen LogP contribution in [0.15, 0.2) is 0 Å². The van der Waals surface area contributed by atoms with Gasteiger partial charge in [-0.05, 0) is 24.8 Å². The molecule has 1 aliphatic rings. The molecular formula is C18H25NO5S. The molecular weight excluding hydrogens is 342 g/mol. The molecule has 1 N–H and O–H groups in total. The second-order valence-corrected chi connectivity index (χ2v) is 7.35. The van der Waals surface area contributed by atoms with E-state index >= 15 is 0 Å². The van der Waals surface area contributed by atoms with Crippen LogP contribution < -0.4 is 5.32 Å². The molecule has 1 saturated carbocycles. The minimum absolute atomic E-state index is 0.145. The number of anilines is 1. The number of ether oxygens (including phenoxy) is 2. The summed E-state index contributed by atoms with van der Waals surface area (Å²) >= 11 is 1.04. The van der Waals surface area contributed by atoms with Crippen molar-refractivity contribution < 1.29 is 23.9 Å². The van der Waals surface area contributed by atoms with E-state index in [0.717, 1.165) is 17.8 Å². The minimum Gasteiger partial charge on any atom is -0.465 e. The summed E-state index contributed by atoms with van der Waals surface area (Å²) in [5, 5.41) is 3.12. The Morgan fingerprint density at radius 3 is 2.32 bits per heavy atom. The molecule has 6 nitrogen and oxygen atoms in total. The monoisotopic (exact) mass is 367 g/mol. The SMILES string of the molecule is COC(=O)c1sc(NC(=O)CCC2CCCCC2)c(C(=O)OC)c1C. The molecule has 1 aliphatic carbocycles. The van der Waals surface area contributed by atoms with Gasteiger partial charge in [0.1, 0.15) is 9.88 Å². The molecule has 0 spiro atoms. The fraction of sp³-hybridized carbons (Fsp3) is 0.611. The van der Waals surface area contributed by atoms with Crippen molar-refractivity contribution in [3.05, 3.63) is 16.0 Å². The third kappa shape index (κ3) is 4.81. The number of methoxy groups -OCH3 is 2. The number of hydrogen-bond acceptors (Lipinski definition) is 6. The maximum atomic E-state index is 12.3. The average molecular weight is 367 g/mol. The molecule has 138 valence electrons. The third-order valence-corrected chi connectivity index (χ3v) is 5.85. The van der Waals surface area contributed by atoms with Gasteiger partial charge < -0.3 is 14.8 Å². The van der Waals surface area contributed by atoms with Gasteiger partial charge in [-0.15, -0.1) is 11.3 Å². The normalized spacial score (nSPS) is 14.8. The summed E-state index contributed by atoms with van der Waals surface area (Å²) in [7, 11) is 2.55. The van der Waals surface area contributed by atoms with Crippen LogP contribution in [-0.2, 0) is 14.3 Å². The van der Waals surface area contributed by atoms with Crippen molar-refractivity contribution in [1.82, 2.24) is 0 Å². The summed E-state index contributed by atoms with van der Waals surface area (Å²) in [5.74, 6) is -0.648. The molecule has 2 rings (SSSR count). The van der Waals surface area contributed by atoms with E-state index in [4.69, 9.17) is 9.47 Å². The van der Waals surface area contributed by atoms with Crippen molar-refractivity contribution in [3.63, 3.8) is 0 Å². The lowest BCUT2D eigenvalue weighted by molar-refractivity contribution is -0.116. The highest BCUT2D eigenvalue weighted by Crippen LogP contribution is 2.34. The van der Waals surface area contributed by atoms with Crippen LogP contribution in [0, 0.1) is 12.8 Å². The molecule has 1 fully saturated rings. The van der Waals surface area contributed by atoms with Gasteiger partial charge in [0.15, 0.2) is 0 Å². The largest absolute Gasteiger partial charge is 0.465 e. The number of rotatable bonds is 6. The van der Waals surface area contributed by atoms with Crippen LogP contribution in [0.2, 0.25) is 0 Å². The molecule has 1 aromatic rings. The number of carbonyl (C=O) groups excluding carboxylic acids is 3. The van der Waals surface area contributed by atoms with Gasteiger partial charge in [-0.3, -0.25) is 4.79 Å². The predicted octanol–water partition coefficient (Wildman–Crippen LogP) is 3.93. The summed E-state index contributed by atoms with van der Waals surface area (Å²) in [5.41, 5.74) is 0.685. The Kier molecular flexibility index (Phi) is 6.99. The van der Waals surface area contributed by atoms with Crippen LogP contribution in [0.4, 0.5) is 5.00 Å². The van der Waals surface area contributed by atoms with Gasteiger partial charge in [-0.25, -0.2) is 9.59 Å². The van der Waals surface area contributed by atoms with Gasteiger partial charge in [0.25, 0.3) is 0 Å². The van der Waals surface area contributed by atoms with Gasteiger partial charge in [0.2, 0.25) is 5.91 Å². The van der Waals surface area contributed by atoms with Crippen LogP contribution in [-0.4, -0.2) is 32.1 Å². The first kappa shape index (κ1) is 19.4. The molecule has 0 atom stereocenters. The van der Waals surface area contributed by atoms with Gasteiger partial charge >= 0.3 is 11.9 Å². The van der Waals surface area contributed by atoms with Crippen molar-refractivity contribution in [2.24, 2.45) is 5.92 Å². The number of carbonyl (C=O) groups is 3. The number of nitrogens with one attached hydrogen (secondary N) is 1. The van der Waals surface area contributed by atoms with Gasteiger partial charge in [-0.2, -0.15) is 0 Å². The van der Waals surface area contributed by atoms with Crippen LogP contribution in [0.5, 0.6) is 0 Å². The van der Waals surface area contributed by atoms with E-state index in [0.29, 0.717) is 27.8 Å². The molecule has 0 saturated heterocycles. The summed E-state index contributed by atoms with van der Waals surface area (Å²) in [6.07, 6.45) is 7.41. The van der Waals surface area contributed by atoms with E-state index in [9.17, 15) is 14.4 Å². The Balaban J connectivity index is 2.09. The van der Waals surface area contributed by atoms with Gasteiger partial charge in [0, 0.05) is 6.42 Å². The summed E-state index contributed by atoms with van der Waals surface area (Å²) in [6, 6.07) is 0. The first-order valence-corrected chi connectivity index (χ1v) is 9.39. The first-order chi connectivity index (χ1) is 12.0. The first-order valence-electron chi connectivity index (χ1n) is 8.57. The predicted molar refractivity (Wildman–Crippen MR) is 96.2 cm³/mol. The number of esters is 2. The zero-order chi connectivity index (χ0) is 18.4. The molecule has 0 aromatic carbocycles. The van der Waals surface area contributed by atoms with E-state index in [1.54, 1.807) is 6.92 Å². The third-order valence-electron chi connectivity index (χ3n) is 4.66. The Hall–Kier alpha value is -1.89. The fourth-order valence-electron chi connectivity index (χ4n) is 3.24. The summed E-state index contributed by atoms with van der Waals surface area (Å²) in [4.78, 5) is 36.5. The van der Waals surface area contributed by atoms with E-state index in [2.05, 4.69) is 5.32 Å². The van der Waals surface area contributed by atoms with Crippen LogP contribution in [0.1, 0.15) is 70.5 Å². The zero-order valence-electron chi connectivity index (χ0n) is 15.0.